The molecule has 0 saturated carbocycles. The lowest BCUT2D eigenvalue weighted by molar-refractivity contribution is -0.152. The molecule has 1 rings (SSSR count). The Morgan fingerprint density at radius 2 is 2.18 bits per heavy atom. The van der Waals surface area contributed by atoms with Gasteiger partial charge in [0, 0.05) is 0 Å². The average molecular weight is 232 g/mol. The van der Waals surface area contributed by atoms with Crippen LogP contribution >= 0.6 is 0 Å². The van der Waals surface area contributed by atoms with Gasteiger partial charge in [0.1, 0.15) is 6.07 Å². The van der Waals surface area contributed by atoms with Crippen molar-refractivity contribution >= 4 is 17.6 Å². The fourth-order valence-corrected chi connectivity index (χ4v) is 1.29. The van der Waals surface area contributed by atoms with Crippen LogP contribution in [0.1, 0.15) is 18.1 Å². The van der Waals surface area contributed by atoms with Crippen molar-refractivity contribution in [2.24, 2.45) is 0 Å². The predicted molar refractivity (Wildman–Crippen MR) is 61.2 cm³/mol. The van der Waals surface area contributed by atoms with Gasteiger partial charge in [0.2, 0.25) is 0 Å². The van der Waals surface area contributed by atoms with Crippen LogP contribution in [-0.4, -0.2) is 18.5 Å². The molecule has 0 unspecified atom stereocenters. The van der Waals surface area contributed by atoms with E-state index in [0.29, 0.717) is 11.3 Å². The number of rotatable bonds is 2. The number of carbonyl (C=O) groups excluding carboxylic acids is 2. The smallest absolute Gasteiger partial charge is 0.397 e. The monoisotopic (exact) mass is 232 g/mol. The maximum Gasteiger partial charge on any atom is 0.397 e. The van der Waals surface area contributed by atoms with E-state index in [2.05, 4.69) is 10.1 Å². The number of esters is 1. The molecule has 0 aliphatic heterocycles. The SMILES string of the molecule is CCOC(=O)C(=O)Nc1cccc(C)c1C#N. The van der Waals surface area contributed by atoms with Crippen LogP contribution in [-0.2, 0) is 14.3 Å². The Balaban J connectivity index is 2.90. The number of hydrogen-bond acceptors (Lipinski definition) is 4. The molecule has 0 aliphatic rings. The van der Waals surface area contributed by atoms with E-state index in [1.165, 1.54) is 0 Å². The second kappa shape index (κ2) is 5.66. The van der Waals surface area contributed by atoms with Crippen LogP contribution in [0.15, 0.2) is 18.2 Å². The molecule has 1 aromatic carbocycles. The number of amides is 1. The highest BCUT2D eigenvalue weighted by molar-refractivity contribution is 6.37. The van der Waals surface area contributed by atoms with E-state index in [0.717, 1.165) is 5.56 Å². The van der Waals surface area contributed by atoms with Crippen molar-refractivity contribution in [3.8, 4) is 6.07 Å². The first-order valence-electron chi connectivity index (χ1n) is 5.08. The molecule has 88 valence electrons. The zero-order valence-corrected chi connectivity index (χ0v) is 9.61. The number of carbonyl (C=O) groups is 2. The molecule has 0 saturated heterocycles. The van der Waals surface area contributed by atoms with Crippen molar-refractivity contribution in [1.29, 1.82) is 5.26 Å². The Bertz CT molecular complexity index is 489. The van der Waals surface area contributed by atoms with Gasteiger partial charge in [-0.1, -0.05) is 12.1 Å². The molecule has 0 aliphatic carbocycles. The molecular formula is C12H12N2O3. The second-order valence-corrected chi connectivity index (χ2v) is 3.28. The van der Waals surface area contributed by atoms with E-state index in [-0.39, 0.29) is 6.61 Å². The number of nitriles is 1. The third-order valence-corrected chi connectivity index (χ3v) is 2.09. The molecule has 1 N–H and O–H groups in total. The Labute approximate surface area is 99.0 Å². The van der Waals surface area contributed by atoms with Gasteiger partial charge in [-0.3, -0.25) is 4.79 Å². The first kappa shape index (κ1) is 12.7. The lowest BCUT2D eigenvalue weighted by Gasteiger charge is -2.07. The summed E-state index contributed by atoms with van der Waals surface area (Å²) in [5.41, 5.74) is 1.38. The van der Waals surface area contributed by atoms with Gasteiger partial charge in [0.05, 0.1) is 17.9 Å². The summed E-state index contributed by atoms with van der Waals surface area (Å²) >= 11 is 0. The van der Waals surface area contributed by atoms with E-state index in [4.69, 9.17) is 5.26 Å². The van der Waals surface area contributed by atoms with Crippen molar-refractivity contribution in [3.05, 3.63) is 29.3 Å². The highest BCUT2D eigenvalue weighted by atomic mass is 16.5. The second-order valence-electron chi connectivity index (χ2n) is 3.28. The molecule has 17 heavy (non-hydrogen) atoms. The van der Waals surface area contributed by atoms with Crippen LogP contribution in [0.4, 0.5) is 5.69 Å². The molecule has 0 fully saturated rings. The van der Waals surface area contributed by atoms with Gasteiger partial charge in [-0.15, -0.1) is 0 Å². The minimum Gasteiger partial charge on any atom is -0.459 e. The zero-order chi connectivity index (χ0) is 12.8. The molecule has 0 spiro atoms. The summed E-state index contributed by atoms with van der Waals surface area (Å²) in [4.78, 5) is 22.5. The average Bonchev–Trinajstić information content (AvgIpc) is 2.29. The zero-order valence-electron chi connectivity index (χ0n) is 9.61. The summed E-state index contributed by atoms with van der Waals surface area (Å²) in [5.74, 6) is -1.84. The molecule has 0 atom stereocenters. The standard InChI is InChI=1S/C12H12N2O3/c1-3-17-12(16)11(15)14-10-6-4-5-8(2)9(10)7-13/h4-6H,3H2,1-2H3,(H,14,15). The number of aryl methyl sites for hydroxylation is 1. The number of nitrogens with zero attached hydrogens (tertiary/aromatic N) is 1. The number of anilines is 1. The molecule has 0 aromatic heterocycles. The number of hydrogen-bond donors (Lipinski definition) is 1. The molecule has 0 heterocycles. The molecule has 0 radical (unpaired) electrons. The molecule has 0 bridgehead atoms. The fraction of sp³-hybridized carbons (Fsp3) is 0.250. The summed E-state index contributed by atoms with van der Waals surface area (Å²) in [6, 6.07) is 6.97. The van der Waals surface area contributed by atoms with E-state index in [1.54, 1.807) is 32.0 Å². The normalized spacial score (nSPS) is 9.24. The summed E-state index contributed by atoms with van der Waals surface area (Å²) < 4.78 is 4.55. The van der Waals surface area contributed by atoms with Crippen molar-refractivity contribution < 1.29 is 14.3 Å². The third-order valence-electron chi connectivity index (χ3n) is 2.09. The van der Waals surface area contributed by atoms with E-state index in [9.17, 15) is 9.59 Å². The maximum absolute atomic E-state index is 11.4. The first-order valence-corrected chi connectivity index (χ1v) is 5.08. The van der Waals surface area contributed by atoms with E-state index >= 15 is 0 Å². The largest absolute Gasteiger partial charge is 0.459 e. The minimum atomic E-state index is -0.960. The molecular weight excluding hydrogens is 220 g/mol. The van der Waals surface area contributed by atoms with Crippen LogP contribution in [0.3, 0.4) is 0 Å². The van der Waals surface area contributed by atoms with Gasteiger partial charge >= 0.3 is 11.9 Å². The van der Waals surface area contributed by atoms with Crippen LogP contribution in [0.5, 0.6) is 0 Å². The van der Waals surface area contributed by atoms with Crippen LogP contribution in [0.25, 0.3) is 0 Å². The Hall–Kier alpha value is -2.35. The summed E-state index contributed by atoms with van der Waals surface area (Å²) in [6.07, 6.45) is 0. The molecule has 1 aromatic rings. The van der Waals surface area contributed by atoms with Gasteiger partial charge in [-0.25, -0.2) is 4.79 Å². The Kier molecular flexibility index (Phi) is 4.23. The van der Waals surface area contributed by atoms with Gasteiger partial charge in [-0.2, -0.15) is 5.26 Å². The van der Waals surface area contributed by atoms with Crippen molar-refractivity contribution in [2.45, 2.75) is 13.8 Å². The summed E-state index contributed by atoms with van der Waals surface area (Å²) in [6.45, 7) is 3.49. The maximum atomic E-state index is 11.4. The summed E-state index contributed by atoms with van der Waals surface area (Å²) in [7, 11) is 0. The van der Waals surface area contributed by atoms with Gasteiger partial charge < -0.3 is 10.1 Å². The van der Waals surface area contributed by atoms with E-state index in [1.807, 2.05) is 6.07 Å². The Morgan fingerprint density at radius 1 is 1.47 bits per heavy atom. The van der Waals surface area contributed by atoms with Crippen LogP contribution < -0.4 is 5.32 Å². The third kappa shape index (κ3) is 3.05. The van der Waals surface area contributed by atoms with Gasteiger partial charge in [0.15, 0.2) is 0 Å². The lowest BCUT2D eigenvalue weighted by atomic mass is 10.1. The fourth-order valence-electron chi connectivity index (χ4n) is 1.29. The molecule has 5 nitrogen and oxygen atoms in total. The molecule has 1 amide bonds. The van der Waals surface area contributed by atoms with Gasteiger partial charge in [0.25, 0.3) is 0 Å². The number of ether oxygens (including phenoxy) is 1. The van der Waals surface area contributed by atoms with Crippen molar-refractivity contribution in [3.63, 3.8) is 0 Å². The van der Waals surface area contributed by atoms with E-state index < -0.39 is 11.9 Å². The van der Waals surface area contributed by atoms with Crippen molar-refractivity contribution in [1.82, 2.24) is 0 Å². The number of benzene rings is 1. The van der Waals surface area contributed by atoms with Crippen molar-refractivity contribution in [2.75, 3.05) is 11.9 Å². The topological polar surface area (TPSA) is 79.2 Å². The highest BCUT2D eigenvalue weighted by Gasteiger charge is 2.16. The first-order chi connectivity index (χ1) is 8.10. The lowest BCUT2D eigenvalue weighted by Crippen LogP contribution is -2.25. The number of nitrogens with one attached hydrogen (secondary N) is 1. The van der Waals surface area contributed by atoms with Crippen LogP contribution in [0.2, 0.25) is 0 Å². The highest BCUT2D eigenvalue weighted by Crippen LogP contribution is 2.18. The minimum absolute atomic E-state index is 0.130. The summed E-state index contributed by atoms with van der Waals surface area (Å²) in [5, 5.41) is 11.3. The van der Waals surface area contributed by atoms with Gasteiger partial charge in [-0.05, 0) is 25.5 Å². The predicted octanol–water partition coefficient (Wildman–Crippen LogP) is 1.37. The molecule has 5 heteroatoms. The quantitative estimate of drug-likeness (QED) is 0.617. The Morgan fingerprint density at radius 3 is 2.76 bits per heavy atom. The van der Waals surface area contributed by atoms with Crippen LogP contribution in [0, 0.1) is 18.3 Å².